The predicted octanol–water partition coefficient (Wildman–Crippen LogP) is 5.25. The summed E-state index contributed by atoms with van der Waals surface area (Å²) in [5, 5.41) is 10.6. The van der Waals surface area contributed by atoms with Gasteiger partial charge in [0.2, 0.25) is 6.10 Å². The van der Waals surface area contributed by atoms with Crippen molar-refractivity contribution < 1.29 is 33.7 Å². The molecule has 0 spiro atoms. The summed E-state index contributed by atoms with van der Waals surface area (Å²) in [5.74, 6) is 0.151. The highest BCUT2D eigenvalue weighted by atomic mass is 35.5. The van der Waals surface area contributed by atoms with Gasteiger partial charge < -0.3 is 24.2 Å². The quantitative estimate of drug-likeness (QED) is 0.418. The Labute approximate surface area is 234 Å². The van der Waals surface area contributed by atoms with Crippen molar-refractivity contribution in [2.45, 2.75) is 31.7 Å². The highest BCUT2D eigenvalue weighted by Gasteiger charge is 2.39. The molecule has 1 N–H and O–H groups in total. The zero-order valence-corrected chi connectivity index (χ0v) is 22.5. The maximum absolute atomic E-state index is 13.3. The van der Waals surface area contributed by atoms with Gasteiger partial charge in [0.25, 0.3) is 5.91 Å². The monoisotopic (exact) mass is 570 g/mol. The largest absolute Gasteiger partial charge is 0.489 e. The Hall–Kier alpha value is -3.95. The van der Waals surface area contributed by atoms with E-state index in [9.17, 15) is 19.5 Å². The predicted molar refractivity (Wildman–Crippen MR) is 144 cm³/mol. The Kier molecular flexibility index (Phi) is 7.29. The van der Waals surface area contributed by atoms with Gasteiger partial charge in [-0.1, -0.05) is 41.4 Å². The zero-order valence-electron chi connectivity index (χ0n) is 21.0. The molecule has 2 aliphatic rings. The molecular formula is C28H24Cl2N2O7. The molecule has 0 bridgehead atoms. The van der Waals surface area contributed by atoms with Gasteiger partial charge in [0.1, 0.15) is 24.1 Å². The second-order valence-corrected chi connectivity index (χ2v) is 10.1. The van der Waals surface area contributed by atoms with Crippen LogP contribution >= 0.6 is 23.2 Å². The first-order valence-corrected chi connectivity index (χ1v) is 12.8. The van der Waals surface area contributed by atoms with Gasteiger partial charge in [0.15, 0.2) is 0 Å². The summed E-state index contributed by atoms with van der Waals surface area (Å²) in [7, 11) is 2.88. The van der Waals surface area contributed by atoms with Crippen LogP contribution in [0.4, 0.5) is 10.5 Å². The van der Waals surface area contributed by atoms with E-state index < -0.39 is 24.2 Å². The minimum Gasteiger partial charge on any atom is -0.489 e. The fourth-order valence-electron chi connectivity index (χ4n) is 4.72. The number of halogens is 2. The molecule has 0 radical (unpaired) electrons. The number of anilines is 1. The zero-order chi connectivity index (χ0) is 27.8. The number of benzene rings is 3. The van der Waals surface area contributed by atoms with Crippen LogP contribution in [0, 0.1) is 0 Å². The maximum atomic E-state index is 13.3. The van der Waals surface area contributed by atoms with E-state index in [1.165, 1.54) is 12.0 Å². The maximum Gasteiger partial charge on any atom is 0.408 e. The van der Waals surface area contributed by atoms with Crippen LogP contribution < -0.4 is 14.4 Å². The van der Waals surface area contributed by atoms with Crippen LogP contribution in [0.3, 0.4) is 0 Å². The lowest BCUT2D eigenvalue weighted by Gasteiger charge is -2.37. The average molecular weight is 571 g/mol. The summed E-state index contributed by atoms with van der Waals surface area (Å²) in [6.07, 6.45) is -1.98. The fraction of sp³-hybridized carbons (Fsp3) is 0.250. The summed E-state index contributed by atoms with van der Waals surface area (Å²) in [4.78, 5) is 39.9. The number of carboxylic acid groups (broad SMARTS) is 1. The number of carbonyl (C=O) groups is 3. The molecule has 5 rings (SSSR count). The summed E-state index contributed by atoms with van der Waals surface area (Å²) < 4.78 is 16.8. The molecule has 0 saturated carbocycles. The lowest BCUT2D eigenvalue weighted by molar-refractivity contribution is -0.146. The molecule has 2 aliphatic heterocycles. The Morgan fingerprint density at radius 2 is 1.79 bits per heavy atom. The standard InChI is InChI=1S/C28H24Cl2N2O7/c1-31-22-10-17-11-23(27(34)37-2)32(28(35)36)13-18(17)12-24(22)39-25(26(31)33)16-4-6-19(7-5-16)38-14-15-3-8-20(29)21(30)9-15/h3-10,12,23,25H,11,13-14H2,1-2H3,(H,35,36)/t23-,25+/m0/s1. The van der Waals surface area contributed by atoms with Gasteiger partial charge in [-0.05, 0) is 53.1 Å². The number of nitrogens with zero attached hydrogens (tertiary/aromatic N) is 2. The van der Waals surface area contributed by atoms with E-state index in [2.05, 4.69) is 0 Å². The Morgan fingerprint density at radius 3 is 2.46 bits per heavy atom. The van der Waals surface area contributed by atoms with E-state index in [-0.39, 0.29) is 18.9 Å². The lowest BCUT2D eigenvalue weighted by atomic mass is 9.92. The summed E-state index contributed by atoms with van der Waals surface area (Å²) in [6.45, 7) is 0.286. The number of amides is 2. The number of likely N-dealkylation sites (N-methyl/N-ethyl adjacent to an activating group) is 1. The van der Waals surface area contributed by atoms with E-state index in [1.807, 2.05) is 6.07 Å². The molecule has 202 valence electrons. The van der Waals surface area contributed by atoms with Crippen LogP contribution in [-0.4, -0.2) is 48.2 Å². The van der Waals surface area contributed by atoms with E-state index in [0.717, 1.165) is 16.0 Å². The number of ether oxygens (including phenoxy) is 3. The topological polar surface area (TPSA) is 106 Å². The van der Waals surface area contributed by atoms with Crippen LogP contribution in [0.25, 0.3) is 0 Å². The van der Waals surface area contributed by atoms with Crippen molar-refractivity contribution in [2.75, 3.05) is 19.1 Å². The third-order valence-corrected chi connectivity index (χ3v) is 7.60. The first kappa shape index (κ1) is 26.6. The third kappa shape index (κ3) is 5.20. The van der Waals surface area contributed by atoms with Crippen LogP contribution in [0.15, 0.2) is 54.6 Å². The van der Waals surface area contributed by atoms with Crippen molar-refractivity contribution in [2.24, 2.45) is 0 Å². The molecule has 0 aliphatic carbocycles. The number of carbonyl (C=O) groups excluding carboxylic acids is 2. The minimum absolute atomic E-state index is 0.00569. The SMILES string of the molecule is COC(=O)[C@@H]1Cc2cc3c(cc2CN1C(=O)O)O[C@H](c1ccc(OCc2ccc(Cl)c(Cl)c2)cc1)C(=O)N3C. The molecule has 2 atom stereocenters. The minimum atomic E-state index is -1.22. The molecular weight excluding hydrogens is 547 g/mol. The van der Waals surface area contributed by atoms with Gasteiger partial charge >= 0.3 is 12.1 Å². The first-order chi connectivity index (χ1) is 18.7. The molecule has 0 unspecified atom stereocenters. The van der Waals surface area contributed by atoms with E-state index in [1.54, 1.807) is 55.6 Å². The molecule has 2 amide bonds. The number of esters is 1. The average Bonchev–Trinajstić information content (AvgIpc) is 2.94. The van der Waals surface area contributed by atoms with Crippen molar-refractivity contribution in [3.63, 3.8) is 0 Å². The van der Waals surface area contributed by atoms with E-state index in [0.29, 0.717) is 45.0 Å². The van der Waals surface area contributed by atoms with Gasteiger partial charge in [0, 0.05) is 19.0 Å². The molecule has 0 aromatic heterocycles. The molecule has 11 heteroatoms. The first-order valence-electron chi connectivity index (χ1n) is 12.0. The summed E-state index contributed by atoms with van der Waals surface area (Å²) >= 11 is 12.0. The fourth-order valence-corrected chi connectivity index (χ4v) is 5.05. The van der Waals surface area contributed by atoms with Crippen molar-refractivity contribution in [3.8, 4) is 11.5 Å². The van der Waals surface area contributed by atoms with Crippen LogP contribution in [0.2, 0.25) is 10.0 Å². The Balaban J connectivity index is 1.35. The second kappa shape index (κ2) is 10.7. The van der Waals surface area contributed by atoms with Crippen LogP contribution in [0.1, 0.15) is 28.4 Å². The summed E-state index contributed by atoms with van der Waals surface area (Å²) in [5.41, 5.74) is 3.50. The smallest absolute Gasteiger partial charge is 0.408 e. The normalized spacial score (nSPS) is 18.1. The van der Waals surface area contributed by atoms with Gasteiger partial charge in [0.05, 0.1) is 29.4 Å². The van der Waals surface area contributed by atoms with Crippen LogP contribution in [-0.2, 0) is 33.9 Å². The molecule has 9 nitrogen and oxygen atoms in total. The number of fused-ring (bicyclic) bond motifs is 2. The Bertz CT molecular complexity index is 1460. The van der Waals surface area contributed by atoms with Crippen molar-refractivity contribution in [1.82, 2.24) is 4.90 Å². The van der Waals surface area contributed by atoms with Gasteiger partial charge in [-0.25, -0.2) is 9.59 Å². The van der Waals surface area contributed by atoms with Crippen molar-refractivity contribution >= 4 is 46.9 Å². The van der Waals surface area contributed by atoms with Gasteiger partial charge in [-0.15, -0.1) is 0 Å². The highest BCUT2D eigenvalue weighted by molar-refractivity contribution is 6.42. The van der Waals surface area contributed by atoms with Crippen molar-refractivity contribution in [3.05, 3.63) is 86.9 Å². The molecule has 3 aromatic rings. The van der Waals surface area contributed by atoms with Gasteiger partial charge in [-0.2, -0.15) is 0 Å². The molecule has 0 fully saturated rings. The van der Waals surface area contributed by atoms with Gasteiger partial charge in [-0.3, -0.25) is 9.69 Å². The Morgan fingerprint density at radius 1 is 1.05 bits per heavy atom. The lowest BCUT2D eigenvalue weighted by Crippen LogP contribution is -2.48. The molecule has 2 heterocycles. The third-order valence-electron chi connectivity index (χ3n) is 6.86. The number of rotatable bonds is 5. The number of methoxy groups -OCH3 is 1. The highest BCUT2D eigenvalue weighted by Crippen LogP contribution is 2.42. The number of hydrogen-bond donors (Lipinski definition) is 1. The molecule has 0 saturated heterocycles. The molecule has 39 heavy (non-hydrogen) atoms. The number of hydrogen-bond acceptors (Lipinski definition) is 6. The molecule has 3 aromatic carbocycles. The van der Waals surface area contributed by atoms with E-state index in [4.69, 9.17) is 37.4 Å². The van der Waals surface area contributed by atoms with Crippen LogP contribution in [0.5, 0.6) is 11.5 Å². The van der Waals surface area contributed by atoms with E-state index >= 15 is 0 Å². The second-order valence-electron chi connectivity index (χ2n) is 9.24. The van der Waals surface area contributed by atoms with Crippen molar-refractivity contribution in [1.29, 1.82) is 0 Å². The summed E-state index contributed by atoms with van der Waals surface area (Å²) in [6, 6.07) is 14.8.